The zero-order valence-corrected chi connectivity index (χ0v) is 10.4. The van der Waals surface area contributed by atoms with E-state index in [1.54, 1.807) is 20.8 Å². The lowest BCUT2D eigenvalue weighted by Gasteiger charge is -2.33. The summed E-state index contributed by atoms with van der Waals surface area (Å²) in [4.78, 5) is 27.9. The number of aliphatic carboxylic acids is 1. The van der Waals surface area contributed by atoms with Gasteiger partial charge in [0.2, 0.25) is 0 Å². The number of oxazole rings is 1. The second-order valence-corrected chi connectivity index (χ2v) is 4.54. The first-order chi connectivity index (χ1) is 7.74. The summed E-state index contributed by atoms with van der Waals surface area (Å²) in [5.41, 5.74) is -0.191. The molecule has 0 aliphatic carbocycles. The molecule has 1 heterocycles. The van der Waals surface area contributed by atoms with Crippen molar-refractivity contribution in [3.63, 3.8) is 0 Å². The average Bonchev–Trinajstić information content (AvgIpc) is 2.60. The number of hydrogen-bond acceptors (Lipinski definition) is 4. The summed E-state index contributed by atoms with van der Waals surface area (Å²) in [6, 6.07) is 0. The number of amides is 1. The summed E-state index contributed by atoms with van der Waals surface area (Å²) < 4.78 is 5.00. The van der Waals surface area contributed by atoms with Crippen molar-refractivity contribution >= 4 is 11.9 Å². The molecule has 1 aromatic heterocycles. The summed E-state index contributed by atoms with van der Waals surface area (Å²) in [6.45, 7) is 5.06. The Morgan fingerprint density at radius 3 is 2.53 bits per heavy atom. The molecule has 0 fully saturated rings. The molecule has 0 radical (unpaired) electrons. The predicted octanol–water partition coefficient (Wildman–Crippen LogP) is 1.31. The fourth-order valence-corrected chi connectivity index (χ4v) is 1.36. The molecule has 6 nitrogen and oxygen atoms in total. The van der Waals surface area contributed by atoms with E-state index in [1.165, 1.54) is 18.2 Å². The lowest BCUT2D eigenvalue weighted by molar-refractivity contribution is -0.139. The Kier molecular flexibility index (Phi) is 3.55. The maximum Gasteiger partial charge on any atom is 0.309 e. The zero-order chi connectivity index (χ0) is 13.2. The normalized spacial score (nSPS) is 11.3. The van der Waals surface area contributed by atoms with Gasteiger partial charge in [-0.1, -0.05) is 0 Å². The van der Waals surface area contributed by atoms with Crippen LogP contribution in [0.4, 0.5) is 0 Å². The molecule has 1 N–H and O–H groups in total. The molecule has 0 atom stereocenters. The number of carboxylic acid groups (broad SMARTS) is 1. The van der Waals surface area contributed by atoms with E-state index >= 15 is 0 Å². The van der Waals surface area contributed by atoms with Crippen molar-refractivity contribution in [1.82, 2.24) is 9.88 Å². The Morgan fingerprint density at radius 1 is 1.53 bits per heavy atom. The Labute approximate surface area is 99.2 Å². The van der Waals surface area contributed by atoms with Crippen LogP contribution in [-0.4, -0.2) is 39.5 Å². The van der Waals surface area contributed by atoms with Crippen LogP contribution in [0.5, 0.6) is 0 Å². The molecular weight excluding hydrogens is 224 g/mol. The van der Waals surface area contributed by atoms with Crippen LogP contribution in [0.3, 0.4) is 0 Å². The maximum atomic E-state index is 12.0. The summed E-state index contributed by atoms with van der Waals surface area (Å²) in [5.74, 6) is -1.41. The van der Waals surface area contributed by atoms with E-state index in [4.69, 9.17) is 9.52 Å². The first kappa shape index (κ1) is 13.2. The molecule has 0 saturated heterocycles. The monoisotopic (exact) mass is 240 g/mol. The van der Waals surface area contributed by atoms with E-state index in [2.05, 4.69) is 4.98 Å². The van der Waals surface area contributed by atoms with Crippen LogP contribution >= 0.6 is 0 Å². The fourth-order valence-electron chi connectivity index (χ4n) is 1.36. The quantitative estimate of drug-likeness (QED) is 0.857. The van der Waals surface area contributed by atoms with Gasteiger partial charge in [-0.3, -0.25) is 9.59 Å². The number of hydrogen-bond donors (Lipinski definition) is 1. The van der Waals surface area contributed by atoms with Gasteiger partial charge in [0.05, 0.1) is 12.1 Å². The van der Waals surface area contributed by atoms with Crippen LogP contribution in [0, 0.1) is 6.92 Å². The van der Waals surface area contributed by atoms with E-state index in [1.807, 2.05) is 0 Å². The number of aryl methyl sites for hydroxylation is 1. The van der Waals surface area contributed by atoms with E-state index in [-0.39, 0.29) is 12.3 Å². The third kappa shape index (κ3) is 3.05. The highest BCUT2D eigenvalue weighted by atomic mass is 16.4. The maximum absolute atomic E-state index is 12.0. The van der Waals surface area contributed by atoms with Crippen molar-refractivity contribution < 1.29 is 19.1 Å². The Bertz CT molecular complexity index is 436. The van der Waals surface area contributed by atoms with Gasteiger partial charge in [-0.05, 0) is 20.8 Å². The molecule has 1 amide bonds. The van der Waals surface area contributed by atoms with E-state index in [0.717, 1.165) is 0 Å². The highest BCUT2D eigenvalue weighted by molar-refractivity contribution is 5.90. The molecule has 94 valence electrons. The smallest absolute Gasteiger partial charge is 0.309 e. The van der Waals surface area contributed by atoms with Gasteiger partial charge in [-0.25, -0.2) is 4.98 Å². The first-order valence-corrected chi connectivity index (χ1v) is 5.16. The molecule has 0 aliphatic rings. The van der Waals surface area contributed by atoms with Crippen LogP contribution in [-0.2, 0) is 4.79 Å². The number of nitrogens with zero attached hydrogens (tertiary/aromatic N) is 2. The minimum absolute atomic E-state index is 0.0246. The Balaban J connectivity index is 2.86. The van der Waals surface area contributed by atoms with Crippen molar-refractivity contribution in [1.29, 1.82) is 0 Å². The van der Waals surface area contributed by atoms with Gasteiger partial charge >= 0.3 is 11.9 Å². The molecule has 0 bridgehead atoms. The molecule has 0 spiro atoms. The second kappa shape index (κ2) is 4.57. The van der Waals surface area contributed by atoms with Crippen molar-refractivity contribution in [3.05, 3.63) is 17.8 Å². The van der Waals surface area contributed by atoms with Gasteiger partial charge < -0.3 is 14.4 Å². The largest absolute Gasteiger partial charge is 0.481 e. The topological polar surface area (TPSA) is 83.6 Å². The molecule has 1 aromatic rings. The highest BCUT2D eigenvalue weighted by Crippen LogP contribution is 2.19. The zero-order valence-electron chi connectivity index (χ0n) is 10.4. The third-order valence-electron chi connectivity index (χ3n) is 2.60. The second-order valence-electron chi connectivity index (χ2n) is 4.54. The molecule has 0 aliphatic heterocycles. The number of carbonyl (C=O) groups is 2. The van der Waals surface area contributed by atoms with Crippen LogP contribution in [0.1, 0.15) is 36.6 Å². The van der Waals surface area contributed by atoms with Crippen molar-refractivity contribution in [2.75, 3.05) is 7.05 Å². The number of rotatable bonds is 4. The van der Waals surface area contributed by atoms with E-state index < -0.39 is 17.4 Å². The molecule has 0 aromatic carbocycles. The van der Waals surface area contributed by atoms with Crippen LogP contribution in [0.25, 0.3) is 0 Å². The summed E-state index contributed by atoms with van der Waals surface area (Å²) >= 11 is 0. The number of aromatic nitrogens is 1. The lowest BCUT2D eigenvalue weighted by atomic mass is 9.99. The fraction of sp³-hybridized carbons (Fsp3) is 0.545. The minimum atomic E-state index is -0.960. The molecule has 17 heavy (non-hydrogen) atoms. The predicted molar refractivity (Wildman–Crippen MR) is 59.7 cm³/mol. The van der Waals surface area contributed by atoms with Gasteiger partial charge in [0.25, 0.3) is 5.89 Å². The molecule has 6 heteroatoms. The van der Waals surface area contributed by atoms with Crippen LogP contribution < -0.4 is 0 Å². The molecule has 0 saturated carbocycles. The van der Waals surface area contributed by atoms with Gasteiger partial charge in [0.1, 0.15) is 6.26 Å². The van der Waals surface area contributed by atoms with Crippen molar-refractivity contribution in [3.8, 4) is 0 Å². The first-order valence-electron chi connectivity index (χ1n) is 5.16. The van der Waals surface area contributed by atoms with Crippen molar-refractivity contribution in [2.45, 2.75) is 32.7 Å². The van der Waals surface area contributed by atoms with Crippen molar-refractivity contribution in [2.24, 2.45) is 0 Å². The van der Waals surface area contributed by atoms with Gasteiger partial charge in [0.15, 0.2) is 0 Å². The summed E-state index contributed by atoms with van der Waals surface area (Å²) in [6.07, 6.45) is 1.24. The summed E-state index contributed by atoms with van der Waals surface area (Å²) in [5, 5.41) is 8.78. The Hall–Kier alpha value is -1.85. The third-order valence-corrected chi connectivity index (χ3v) is 2.60. The minimum Gasteiger partial charge on any atom is -0.481 e. The van der Waals surface area contributed by atoms with Gasteiger partial charge in [-0.15, -0.1) is 0 Å². The van der Waals surface area contributed by atoms with Gasteiger partial charge in [0, 0.05) is 12.6 Å². The number of carbonyl (C=O) groups excluding carboxylic acids is 1. The highest BCUT2D eigenvalue weighted by Gasteiger charge is 2.32. The molecule has 1 rings (SSSR count). The van der Waals surface area contributed by atoms with E-state index in [0.29, 0.717) is 5.69 Å². The standard InChI is InChI=1S/C11H16N2O4/c1-7-6-17-9(12-7)10(16)13(4)11(2,3)5-8(14)15/h6H,5H2,1-4H3,(H,14,15). The van der Waals surface area contributed by atoms with Gasteiger partial charge in [-0.2, -0.15) is 0 Å². The lowest BCUT2D eigenvalue weighted by Crippen LogP contribution is -2.46. The average molecular weight is 240 g/mol. The van der Waals surface area contributed by atoms with Crippen LogP contribution in [0.2, 0.25) is 0 Å². The Morgan fingerprint density at radius 2 is 2.12 bits per heavy atom. The van der Waals surface area contributed by atoms with E-state index in [9.17, 15) is 9.59 Å². The number of carboxylic acids is 1. The summed E-state index contributed by atoms with van der Waals surface area (Å²) in [7, 11) is 1.53. The molecular formula is C11H16N2O4. The molecule has 0 unspecified atom stereocenters. The van der Waals surface area contributed by atoms with Crippen LogP contribution in [0.15, 0.2) is 10.7 Å². The SMILES string of the molecule is Cc1coc(C(=O)N(C)C(C)(C)CC(=O)O)n1.